The first kappa shape index (κ1) is 8.91. The van der Waals surface area contributed by atoms with Gasteiger partial charge in [-0.15, -0.1) is 5.34 Å². The van der Waals surface area contributed by atoms with Gasteiger partial charge in [-0.2, -0.15) is 0 Å². The zero-order valence-corrected chi connectivity index (χ0v) is 4.92. The summed E-state index contributed by atoms with van der Waals surface area (Å²) in [6.45, 7) is 0. The molecule has 0 amide bonds. The SMILES string of the molecule is O=N[O-].[Ta]. The van der Waals surface area contributed by atoms with Crippen molar-refractivity contribution in [3.63, 3.8) is 0 Å². The average Bonchev–Trinajstić information content (AvgIpc) is 0.918. The van der Waals surface area contributed by atoms with E-state index >= 15 is 0 Å². The number of hydrogen-bond donors (Lipinski definition) is 0. The normalized spacial score (nSPS) is 3.00. The summed E-state index contributed by atoms with van der Waals surface area (Å²) in [5.41, 5.74) is 0. The molecule has 0 N–H and O–H groups in total. The van der Waals surface area contributed by atoms with Gasteiger partial charge < -0.3 is 10.1 Å². The van der Waals surface area contributed by atoms with Crippen LogP contribution in [0, 0.1) is 10.1 Å². The van der Waals surface area contributed by atoms with Crippen LogP contribution in [0.3, 0.4) is 0 Å². The molecule has 0 aliphatic carbocycles. The van der Waals surface area contributed by atoms with Crippen LogP contribution in [-0.4, -0.2) is 0 Å². The molecule has 4 heavy (non-hydrogen) atoms. The molecule has 0 spiro atoms. The van der Waals surface area contributed by atoms with Crippen LogP contribution in [-0.2, 0) is 22.4 Å². The van der Waals surface area contributed by atoms with Crippen LogP contribution in [0.2, 0.25) is 0 Å². The average molecular weight is 227 g/mol. The molecule has 0 bridgehead atoms. The summed E-state index contributed by atoms with van der Waals surface area (Å²) in [6, 6.07) is 0. The maximum absolute atomic E-state index is 8.00. The zero-order chi connectivity index (χ0) is 2.71. The standard InChI is InChI=1S/HNO2.Ta/c2-1-3;/h(H,2,3);/p-1. The van der Waals surface area contributed by atoms with Gasteiger partial charge in [0.05, 0.1) is 0 Å². The fourth-order valence-corrected chi connectivity index (χ4v) is 0. The van der Waals surface area contributed by atoms with Crippen LogP contribution in [0.15, 0.2) is 5.34 Å². The minimum atomic E-state index is 0. The van der Waals surface area contributed by atoms with Gasteiger partial charge in [0, 0.05) is 22.4 Å². The molecule has 0 aromatic heterocycles. The van der Waals surface area contributed by atoms with Crippen LogP contribution in [0.25, 0.3) is 0 Å². The second kappa shape index (κ2) is 11.1. The second-order valence-corrected chi connectivity index (χ2v) is 0.0745. The van der Waals surface area contributed by atoms with Crippen LogP contribution in [0.1, 0.15) is 0 Å². The van der Waals surface area contributed by atoms with Gasteiger partial charge in [-0.3, -0.25) is 0 Å². The predicted octanol–water partition coefficient (Wildman–Crippen LogP) is 0.248. The Balaban J connectivity index is 0. The van der Waals surface area contributed by atoms with Crippen molar-refractivity contribution in [1.82, 2.24) is 0 Å². The molecule has 0 atom stereocenters. The third-order valence-corrected chi connectivity index (χ3v) is 0. The van der Waals surface area contributed by atoms with E-state index in [2.05, 4.69) is 0 Å². The molecule has 0 unspecified atom stereocenters. The maximum Gasteiger partial charge on any atom is 0 e. The Morgan fingerprint density at radius 2 is 1.75 bits per heavy atom. The minimum absolute atomic E-state index is 0. The van der Waals surface area contributed by atoms with Crippen molar-refractivity contribution in [3.05, 3.63) is 10.1 Å². The van der Waals surface area contributed by atoms with Gasteiger partial charge in [-0.25, -0.2) is 0 Å². The molecule has 3 nitrogen and oxygen atoms in total. The van der Waals surface area contributed by atoms with Gasteiger partial charge in [0.1, 0.15) is 0 Å². The molecule has 0 aromatic carbocycles. The smallest absolute Gasteiger partial charge is 0 e. The summed E-state index contributed by atoms with van der Waals surface area (Å²) in [7, 11) is 0. The van der Waals surface area contributed by atoms with E-state index in [1.165, 1.54) is 0 Å². The Kier molecular flexibility index (Phi) is 24.7. The van der Waals surface area contributed by atoms with Gasteiger partial charge in [0.25, 0.3) is 0 Å². The van der Waals surface area contributed by atoms with Crippen molar-refractivity contribution < 1.29 is 22.4 Å². The van der Waals surface area contributed by atoms with E-state index in [-0.39, 0.29) is 22.4 Å². The Bertz CT molecular complexity index is 13.5. The molecule has 0 fully saturated rings. The van der Waals surface area contributed by atoms with Gasteiger partial charge in [0.2, 0.25) is 0 Å². The molecule has 0 rings (SSSR count). The van der Waals surface area contributed by atoms with Crippen molar-refractivity contribution in [2.75, 3.05) is 0 Å². The predicted molar refractivity (Wildman–Crippen MR) is 9.16 cm³/mol. The van der Waals surface area contributed by atoms with Crippen molar-refractivity contribution in [2.45, 2.75) is 0 Å². The molecule has 0 aliphatic heterocycles. The summed E-state index contributed by atoms with van der Waals surface area (Å²) in [5, 5.41) is 9.00. The molecule has 0 saturated heterocycles. The molecule has 1 radical (unpaired) electrons. The first-order valence-corrected chi connectivity index (χ1v) is 0.365. The minimum Gasteiger partial charge on any atom is -0.444 e. The summed E-state index contributed by atoms with van der Waals surface area (Å²) in [6.07, 6.45) is 0. The molecule has 23 valence electrons. The van der Waals surface area contributed by atoms with Crippen molar-refractivity contribution in [1.29, 1.82) is 0 Å². The fraction of sp³-hybridized carbons (Fsp3) is 0. The van der Waals surface area contributed by atoms with E-state index in [1.54, 1.807) is 0 Å². The topological polar surface area (TPSA) is 52.5 Å². The van der Waals surface area contributed by atoms with E-state index in [1.807, 2.05) is 0 Å². The Hall–Kier alpha value is 0.140. The Morgan fingerprint density at radius 3 is 1.75 bits per heavy atom. The molecule has 0 saturated carbocycles. The largest absolute Gasteiger partial charge is 0.444 e. The van der Waals surface area contributed by atoms with Crippen molar-refractivity contribution >= 4 is 0 Å². The summed E-state index contributed by atoms with van der Waals surface area (Å²) >= 11 is 0. The van der Waals surface area contributed by atoms with Crippen LogP contribution in [0.5, 0.6) is 0 Å². The summed E-state index contributed by atoms with van der Waals surface area (Å²) < 4.78 is 0. The first-order valence-electron chi connectivity index (χ1n) is 0.365. The van der Waals surface area contributed by atoms with Crippen LogP contribution >= 0.6 is 0 Å². The van der Waals surface area contributed by atoms with Crippen LogP contribution in [0.4, 0.5) is 0 Å². The Morgan fingerprint density at radius 1 is 1.75 bits per heavy atom. The molecule has 0 aliphatic rings. The molecule has 0 heterocycles. The zero-order valence-electron chi connectivity index (χ0n) is 1.71. The van der Waals surface area contributed by atoms with Crippen LogP contribution < -0.4 is 0 Å². The van der Waals surface area contributed by atoms with Crippen molar-refractivity contribution in [3.8, 4) is 0 Å². The van der Waals surface area contributed by atoms with Crippen molar-refractivity contribution in [2.24, 2.45) is 5.34 Å². The fourth-order valence-electron chi connectivity index (χ4n) is 0. The summed E-state index contributed by atoms with van der Waals surface area (Å²) in [5.74, 6) is 0. The van der Waals surface area contributed by atoms with E-state index in [0.717, 1.165) is 5.34 Å². The molecule has 0 aromatic rings. The van der Waals surface area contributed by atoms with E-state index in [0.29, 0.717) is 0 Å². The third-order valence-electron chi connectivity index (χ3n) is 0. The van der Waals surface area contributed by atoms with Gasteiger partial charge >= 0.3 is 0 Å². The van der Waals surface area contributed by atoms with E-state index < -0.39 is 0 Å². The third kappa shape index (κ3) is 141. The molecular formula is NO2Ta-. The molecule has 4 heteroatoms. The number of hydrogen-bond acceptors (Lipinski definition) is 3. The van der Waals surface area contributed by atoms with E-state index in [9.17, 15) is 0 Å². The monoisotopic (exact) mass is 227 g/mol. The second-order valence-electron chi connectivity index (χ2n) is 0.0745. The maximum atomic E-state index is 8.00. The molecular weight excluding hydrogens is 227 g/mol. The van der Waals surface area contributed by atoms with Gasteiger partial charge in [0.15, 0.2) is 0 Å². The van der Waals surface area contributed by atoms with Gasteiger partial charge in [-0.05, 0) is 0 Å². The quantitative estimate of drug-likeness (QED) is 0.439. The Labute approximate surface area is 38.5 Å². The van der Waals surface area contributed by atoms with E-state index in [4.69, 9.17) is 10.1 Å². The summed E-state index contributed by atoms with van der Waals surface area (Å²) in [4.78, 5) is 8.00. The van der Waals surface area contributed by atoms with Gasteiger partial charge in [-0.1, -0.05) is 0 Å². The number of nitrogens with zero attached hydrogens (tertiary/aromatic N) is 1. The first-order chi connectivity index (χ1) is 1.41. The number of rotatable bonds is 0.